The molecule has 1 saturated heterocycles. The Labute approximate surface area is 121 Å². The van der Waals surface area contributed by atoms with Gasteiger partial charge in [0.1, 0.15) is 4.83 Å². The van der Waals surface area contributed by atoms with Gasteiger partial charge in [-0.15, -0.1) is 11.3 Å². The third-order valence-corrected chi connectivity index (χ3v) is 4.73. The molecule has 0 saturated carbocycles. The highest BCUT2D eigenvalue weighted by Gasteiger charge is 2.15. The molecule has 0 spiro atoms. The van der Waals surface area contributed by atoms with Crippen LogP contribution >= 0.6 is 22.9 Å². The first-order valence-corrected chi connectivity index (χ1v) is 7.93. The van der Waals surface area contributed by atoms with Gasteiger partial charge in [-0.1, -0.05) is 13.3 Å². The van der Waals surface area contributed by atoms with Crippen molar-refractivity contribution in [2.45, 2.75) is 32.6 Å². The zero-order valence-corrected chi connectivity index (χ0v) is 12.5. The monoisotopic (exact) mass is 296 g/mol. The number of hydrogen-bond donors (Lipinski definition) is 1. The number of nitrogens with one attached hydrogen (secondary N) is 1. The van der Waals surface area contributed by atoms with Crippen LogP contribution in [0, 0.1) is 0 Å². The summed E-state index contributed by atoms with van der Waals surface area (Å²) in [6, 6.07) is 2.17. The van der Waals surface area contributed by atoms with E-state index in [1.165, 1.54) is 24.1 Å². The van der Waals surface area contributed by atoms with Crippen molar-refractivity contribution in [1.82, 2.24) is 15.0 Å². The van der Waals surface area contributed by atoms with Gasteiger partial charge < -0.3 is 5.43 Å². The first kappa shape index (κ1) is 13.1. The van der Waals surface area contributed by atoms with Crippen LogP contribution in [0.4, 0.5) is 5.82 Å². The Morgan fingerprint density at radius 3 is 2.84 bits per heavy atom. The summed E-state index contributed by atoms with van der Waals surface area (Å²) in [6.07, 6.45) is 4.80. The molecule has 3 heterocycles. The molecule has 3 rings (SSSR count). The second-order valence-electron chi connectivity index (χ2n) is 4.79. The largest absolute Gasteiger partial charge is 0.302 e. The van der Waals surface area contributed by atoms with E-state index < -0.39 is 0 Å². The maximum atomic E-state index is 6.02. The number of rotatable bonds is 3. The van der Waals surface area contributed by atoms with Gasteiger partial charge in [-0.25, -0.2) is 9.99 Å². The van der Waals surface area contributed by atoms with Crippen molar-refractivity contribution in [3.8, 4) is 0 Å². The number of hydrogen-bond acceptors (Lipinski definition) is 5. The number of halogens is 1. The van der Waals surface area contributed by atoms with Gasteiger partial charge in [0.15, 0.2) is 5.82 Å². The lowest BCUT2D eigenvalue weighted by molar-refractivity contribution is 0.272. The molecule has 6 heteroatoms. The Morgan fingerprint density at radius 2 is 2.11 bits per heavy atom. The topological polar surface area (TPSA) is 41.0 Å². The lowest BCUT2D eigenvalue weighted by Crippen LogP contribution is -2.35. The smallest absolute Gasteiger partial charge is 0.225 e. The summed E-state index contributed by atoms with van der Waals surface area (Å²) in [4.78, 5) is 10.9. The third kappa shape index (κ3) is 2.83. The fraction of sp³-hybridized carbons (Fsp3) is 0.538. The number of nitrogens with zero attached hydrogens (tertiary/aromatic N) is 3. The molecule has 2 aromatic heterocycles. The van der Waals surface area contributed by atoms with Gasteiger partial charge in [0, 0.05) is 18.0 Å². The van der Waals surface area contributed by atoms with E-state index in [4.69, 9.17) is 11.6 Å². The molecule has 19 heavy (non-hydrogen) atoms. The zero-order valence-electron chi connectivity index (χ0n) is 10.9. The number of aryl methyl sites for hydroxylation is 1. The number of fused-ring (bicyclic) bond motifs is 1. The zero-order chi connectivity index (χ0) is 13.2. The molecule has 1 N–H and O–H groups in total. The third-order valence-electron chi connectivity index (χ3n) is 3.39. The number of hydrazine groups is 1. The van der Waals surface area contributed by atoms with E-state index in [1.54, 1.807) is 11.3 Å². The molecule has 0 radical (unpaired) electrons. The summed E-state index contributed by atoms with van der Waals surface area (Å²) in [5, 5.41) is 3.62. The summed E-state index contributed by atoms with van der Waals surface area (Å²) in [5.74, 6) is 0.841. The standard InChI is InChI=1S/C13H17ClN4S/c1-2-9-8-10-11(15-13(14)16-12(10)19-9)17-18-6-4-3-5-7-18/h8H,2-7H2,1H3,(H,15,16,17). The average molecular weight is 297 g/mol. The molecule has 1 aliphatic rings. The van der Waals surface area contributed by atoms with Gasteiger partial charge in [0.05, 0.1) is 5.39 Å². The van der Waals surface area contributed by atoms with Gasteiger partial charge in [0.25, 0.3) is 0 Å². The molecule has 0 amide bonds. The van der Waals surface area contributed by atoms with E-state index in [-0.39, 0.29) is 0 Å². The van der Waals surface area contributed by atoms with Crippen LogP contribution in [0.1, 0.15) is 31.1 Å². The molecule has 0 aliphatic carbocycles. The Bertz CT molecular complexity index is 577. The summed E-state index contributed by atoms with van der Waals surface area (Å²) in [7, 11) is 0. The molecule has 1 aliphatic heterocycles. The van der Waals surface area contributed by atoms with Crippen LogP contribution in [0.5, 0.6) is 0 Å². The van der Waals surface area contributed by atoms with Crippen LogP contribution in [0.3, 0.4) is 0 Å². The van der Waals surface area contributed by atoms with Gasteiger partial charge in [-0.3, -0.25) is 0 Å². The maximum Gasteiger partial charge on any atom is 0.225 e. The first-order chi connectivity index (χ1) is 9.26. The van der Waals surface area contributed by atoms with Crippen LogP contribution < -0.4 is 5.43 Å². The van der Waals surface area contributed by atoms with Crippen molar-refractivity contribution in [2.24, 2.45) is 0 Å². The van der Waals surface area contributed by atoms with Crippen molar-refractivity contribution in [1.29, 1.82) is 0 Å². The highest BCUT2D eigenvalue weighted by atomic mass is 35.5. The SMILES string of the molecule is CCc1cc2c(NN3CCCCC3)nc(Cl)nc2s1. The Hall–Kier alpha value is -0.910. The second kappa shape index (κ2) is 5.61. The number of piperidine rings is 1. The van der Waals surface area contributed by atoms with Gasteiger partial charge in [-0.2, -0.15) is 4.98 Å². The average Bonchev–Trinajstić information content (AvgIpc) is 2.83. The predicted molar refractivity (Wildman–Crippen MR) is 80.8 cm³/mol. The van der Waals surface area contributed by atoms with Crippen molar-refractivity contribution in [2.75, 3.05) is 18.5 Å². The van der Waals surface area contributed by atoms with E-state index in [2.05, 4.69) is 33.4 Å². The molecular weight excluding hydrogens is 280 g/mol. The molecule has 0 unspecified atom stereocenters. The molecule has 102 valence electrons. The van der Waals surface area contributed by atoms with Gasteiger partial charge in [-0.05, 0) is 36.9 Å². The minimum Gasteiger partial charge on any atom is -0.302 e. The normalized spacial score (nSPS) is 16.9. The fourth-order valence-corrected chi connectivity index (χ4v) is 3.55. The molecule has 4 nitrogen and oxygen atoms in total. The van der Waals surface area contributed by atoms with E-state index >= 15 is 0 Å². The number of aromatic nitrogens is 2. The van der Waals surface area contributed by atoms with Crippen LogP contribution in [0.25, 0.3) is 10.2 Å². The van der Waals surface area contributed by atoms with E-state index in [9.17, 15) is 0 Å². The van der Waals surface area contributed by atoms with E-state index in [0.29, 0.717) is 5.28 Å². The Kier molecular flexibility index (Phi) is 3.86. The fourth-order valence-electron chi connectivity index (χ4n) is 2.36. The van der Waals surface area contributed by atoms with Crippen molar-refractivity contribution < 1.29 is 0 Å². The summed E-state index contributed by atoms with van der Waals surface area (Å²) < 4.78 is 0. The minimum atomic E-state index is 0.316. The molecular formula is C13H17ClN4S. The Morgan fingerprint density at radius 1 is 1.32 bits per heavy atom. The first-order valence-electron chi connectivity index (χ1n) is 6.74. The predicted octanol–water partition coefficient (Wildman–Crippen LogP) is 3.72. The van der Waals surface area contributed by atoms with Crippen LogP contribution in [-0.4, -0.2) is 28.1 Å². The van der Waals surface area contributed by atoms with Crippen LogP contribution in [-0.2, 0) is 6.42 Å². The Balaban J connectivity index is 1.94. The summed E-state index contributed by atoms with van der Waals surface area (Å²) in [5.41, 5.74) is 3.41. The molecule has 0 atom stereocenters. The highest BCUT2D eigenvalue weighted by Crippen LogP contribution is 2.30. The number of anilines is 1. The van der Waals surface area contributed by atoms with E-state index in [1.807, 2.05) is 0 Å². The molecule has 0 aromatic carbocycles. The second-order valence-corrected chi connectivity index (χ2v) is 6.24. The van der Waals surface area contributed by atoms with Gasteiger partial charge in [0.2, 0.25) is 5.28 Å². The van der Waals surface area contributed by atoms with Crippen molar-refractivity contribution in [3.05, 3.63) is 16.2 Å². The van der Waals surface area contributed by atoms with E-state index in [0.717, 1.165) is 35.5 Å². The molecule has 0 bridgehead atoms. The molecule has 1 fully saturated rings. The summed E-state index contributed by atoms with van der Waals surface area (Å²) in [6.45, 7) is 4.28. The number of thiophene rings is 1. The highest BCUT2D eigenvalue weighted by molar-refractivity contribution is 7.18. The minimum absolute atomic E-state index is 0.316. The lowest BCUT2D eigenvalue weighted by Gasteiger charge is -2.27. The van der Waals surface area contributed by atoms with Crippen LogP contribution in [0.15, 0.2) is 6.07 Å². The van der Waals surface area contributed by atoms with Gasteiger partial charge >= 0.3 is 0 Å². The van der Waals surface area contributed by atoms with Crippen molar-refractivity contribution >= 4 is 39.0 Å². The maximum absolute atomic E-state index is 6.02. The van der Waals surface area contributed by atoms with Crippen LogP contribution in [0.2, 0.25) is 5.28 Å². The lowest BCUT2D eigenvalue weighted by atomic mass is 10.2. The quantitative estimate of drug-likeness (QED) is 0.877. The van der Waals surface area contributed by atoms with Crippen molar-refractivity contribution in [3.63, 3.8) is 0 Å². The summed E-state index contributed by atoms with van der Waals surface area (Å²) >= 11 is 7.71. The molecule has 2 aromatic rings.